The van der Waals surface area contributed by atoms with Crippen molar-refractivity contribution < 1.29 is 33.4 Å². The van der Waals surface area contributed by atoms with Crippen molar-refractivity contribution in [1.82, 2.24) is 15.0 Å². The molecule has 0 aliphatic carbocycles. The minimum Gasteiger partial charge on any atom is -0.464 e. The van der Waals surface area contributed by atoms with Crippen LogP contribution in [0, 0.1) is 0 Å². The Labute approximate surface area is 159 Å². The smallest absolute Gasteiger partial charge is 0.361 e. The Morgan fingerprint density at radius 1 is 1.00 bits per heavy atom. The number of aromatic nitrogens is 3. The maximum Gasteiger partial charge on any atom is 0.361 e. The summed E-state index contributed by atoms with van der Waals surface area (Å²) in [6, 6.07) is 6.04. The standard InChI is InChI=1S/C17H18N4O7/c1-4-28-15(23)10-5-7-11(8-6-10)18-12(22)9-21-14(17(25)27-3)13(19-20-21)16(24)26-2/h5-8H,4,9H2,1-3H3,(H,18,22). The zero-order valence-corrected chi connectivity index (χ0v) is 15.4. The van der Waals surface area contributed by atoms with Gasteiger partial charge < -0.3 is 19.5 Å². The summed E-state index contributed by atoms with van der Waals surface area (Å²) in [5, 5.41) is 9.78. The van der Waals surface area contributed by atoms with Crippen molar-refractivity contribution in [2.24, 2.45) is 0 Å². The summed E-state index contributed by atoms with van der Waals surface area (Å²) >= 11 is 0. The monoisotopic (exact) mass is 390 g/mol. The molecule has 1 aromatic carbocycles. The molecule has 1 N–H and O–H groups in total. The molecule has 11 heteroatoms. The van der Waals surface area contributed by atoms with Crippen molar-refractivity contribution in [2.75, 3.05) is 26.1 Å². The van der Waals surface area contributed by atoms with E-state index in [9.17, 15) is 19.2 Å². The first kappa shape index (κ1) is 20.6. The largest absolute Gasteiger partial charge is 0.464 e. The van der Waals surface area contributed by atoms with Crippen LogP contribution in [0.4, 0.5) is 5.69 Å². The SMILES string of the molecule is CCOC(=O)c1ccc(NC(=O)Cn2nnc(C(=O)OC)c2C(=O)OC)cc1. The minimum absolute atomic E-state index is 0.255. The van der Waals surface area contributed by atoms with Crippen LogP contribution < -0.4 is 5.32 Å². The van der Waals surface area contributed by atoms with Crippen LogP contribution in [0.1, 0.15) is 38.3 Å². The molecular weight excluding hydrogens is 372 g/mol. The van der Waals surface area contributed by atoms with Gasteiger partial charge in [-0.25, -0.2) is 19.1 Å². The van der Waals surface area contributed by atoms with Crippen LogP contribution in [0.15, 0.2) is 24.3 Å². The van der Waals surface area contributed by atoms with Crippen molar-refractivity contribution in [3.05, 3.63) is 41.2 Å². The third kappa shape index (κ3) is 4.69. The van der Waals surface area contributed by atoms with E-state index < -0.39 is 30.4 Å². The van der Waals surface area contributed by atoms with Gasteiger partial charge in [-0.15, -0.1) is 5.10 Å². The molecule has 0 radical (unpaired) electrons. The van der Waals surface area contributed by atoms with Crippen molar-refractivity contribution in [3.63, 3.8) is 0 Å². The first-order valence-electron chi connectivity index (χ1n) is 8.08. The van der Waals surface area contributed by atoms with Crippen molar-refractivity contribution in [2.45, 2.75) is 13.5 Å². The second-order valence-electron chi connectivity index (χ2n) is 5.27. The fraction of sp³-hybridized carbons (Fsp3) is 0.294. The van der Waals surface area contributed by atoms with Gasteiger partial charge in [0.1, 0.15) is 6.54 Å². The van der Waals surface area contributed by atoms with Gasteiger partial charge in [-0.05, 0) is 31.2 Å². The minimum atomic E-state index is -0.892. The molecule has 1 aromatic heterocycles. The summed E-state index contributed by atoms with van der Waals surface area (Å²) < 4.78 is 14.9. The summed E-state index contributed by atoms with van der Waals surface area (Å²) in [5.74, 6) is -2.80. The molecule has 148 valence electrons. The highest BCUT2D eigenvalue weighted by atomic mass is 16.5. The maximum absolute atomic E-state index is 12.3. The molecule has 1 heterocycles. The van der Waals surface area contributed by atoms with Gasteiger partial charge in [-0.3, -0.25) is 4.79 Å². The third-order valence-corrected chi connectivity index (χ3v) is 3.47. The van der Waals surface area contributed by atoms with E-state index >= 15 is 0 Å². The number of carbonyl (C=O) groups excluding carboxylic acids is 4. The fourth-order valence-electron chi connectivity index (χ4n) is 2.20. The molecule has 11 nitrogen and oxygen atoms in total. The average Bonchev–Trinajstić information content (AvgIpc) is 3.10. The lowest BCUT2D eigenvalue weighted by atomic mass is 10.2. The van der Waals surface area contributed by atoms with Crippen LogP contribution in [0.25, 0.3) is 0 Å². The molecule has 0 saturated heterocycles. The Hall–Kier alpha value is -3.76. The van der Waals surface area contributed by atoms with E-state index in [2.05, 4.69) is 25.1 Å². The number of amides is 1. The molecule has 2 rings (SSSR count). The van der Waals surface area contributed by atoms with Crippen molar-refractivity contribution >= 4 is 29.5 Å². The van der Waals surface area contributed by atoms with Crippen LogP contribution in [-0.2, 0) is 25.5 Å². The first-order valence-corrected chi connectivity index (χ1v) is 8.08. The molecule has 0 saturated carbocycles. The molecule has 1 amide bonds. The summed E-state index contributed by atoms with van der Waals surface area (Å²) in [7, 11) is 2.24. The van der Waals surface area contributed by atoms with Crippen molar-refractivity contribution in [1.29, 1.82) is 0 Å². The molecular formula is C17H18N4O7. The quantitative estimate of drug-likeness (QED) is 0.533. The van der Waals surface area contributed by atoms with E-state index in [-0.39, 0.29) is 18.0 Å². The highest BCUT2D eigenvalue weighted by Gasteiger charge is 2.27. The van der Waals surface area contributed by atoms with Gasteiger partial charge in [0, 0.05) is 5.69 Å². The Morgan fingerprint density at radius 2 is 1.64 bits per heavy atom. The lowest BCUT2D eigenvalue weighted by Gasteiger charge is -2.08. The van der Waals surface area contributed by atoms with Gasteiger partial charge >= 0.3 is 17.9 Å². The van der Waals surface area contributed by atoms with Gasteiger partial charge in [0.05, 0.1) is 26.4 Å². The predicted molar refractivity (Wildman–Crippen MR) is 93.7 cm³/mol. The van der Waals surface area contributed by atoms with Crippen molar-refractivity contribution in [3.8, 4) is 0 Å². The second kappa shape index (κ2) is 9.26. The number of methoxy groups -OCH3 is 2. The Morgan fingerprint density at radius 3 is 2.21 bits per heavy atom. The van der Waals surface area contributed by atoms with Crippen LogP contribution >= 0.6 is 0 Å². The van der Waals surface area contributed by atoms with Gasteiger partial charge in [-0.2, -0.15) is 0 Å². The Balaban J connectivity index is 2.13. The van der Waals surface area contributed by atoms with Gasteiger partial charge in [0.15, 0.2) is 5.69 Å². The number of hydrogen-bond donors (Lipinski definition) is 1. The van der Waals surface area contributed by atoms with Gasteiger partial charge in [0.25, 0.3) is 0 Å². The second-order valence-corrected chi connectivity index (χ2v) is 5.27. The molecule has 0 aliphatic heterocycles. The number of benzene rings is 1. The third-order valence-electron chi connectivity index (χ3n) is 3.47. The number of ether oxygens (including phenoxy) is 3. The number of esters is 3. The van der Waals surface area contributed by atoms with Gasteiger partial charge in [-0.1, -0.05) is 5.21 Å². The lowest BCUT2D eigenvalue weighted by Crippen LogP contribution is -2.23. The highest BCUT2D eigenvalue weighted by molar-refractivity contribution is 6.01. The van der Waals surface area contributed by atoms with E-state index in [0.717, 1.165) is 18.9 Å². The Kier molecular flexibility index (Phi) is 6.79. The summed E-state index contributed by atoms with van der Waals surface area (Å²) in [6.07, 6.45) is 0. The van der Waals surface area contributed by atoms with Crippen LogP contribution in [0.3, 0.4) is 0 Å². The molecule has 0 bridgehead atoms. The number of carbonyl (C=O) groups is 4. The zero-order valence-electron chi connectivity index (χ0n) is 15.4. The van der Waals surface area contributed by atoms with Crippen LogP contribution in [0.2, 0.25) is 0 Å². The molecule has 0 fully saturated rings. The topological polar surface area (TPSA) is 139 Å². The molecule has 0 spiro atoms. The number of nitrogens with zero attached hydrogens (tertiary/aromatic N) is 3. The molecule has 0 unspecified atom stereocenters. The fourth-order valence-corrected chi connectivity index (χ4v) is 2.20. The zero-order chi connectivity index (χ0) is 20.7. The maximum atomic E-state index is 12.3. The number of hydrogen-bond acceptors (Lipinski definition) is 9. The van der Waals surface area contributed by atoms with E-state index in [4.69, 9.17) is 4.74 Å². The highest BCUT2D eigenvalue weighted by Crippen LogP contribution is 2.12. The summed E-state index contributed by atoms with van der Waals surface area (Å²) in [4.78, 5) is 47.5. The number of rotatable bonds is 7. The first-order chi connectivity index (χ1) is 13.4. The molecule has 2 aromatic rings. The summed E-state index contributed by atoms with van der Waals surface area (Å²) in [6.45, 7) is 1.55. The molecule has 28 heavy (non-hydrogen) atoms. The van der Waals surface area contributed by atoms with Crippen LogP contribution in [0.5, 0.6) is 0 Å². The van der Waals surface area contributed by atoms with E-state index in [1.54, 1.807) is 6.92 Å². The Bertz CT molecular complexity index is 889. The average molecular weight is 390 g/mol. The normalized spacial score (nSPS) is 10.1. The van der Waals surface area contributed by atoms with E-state index in [1.807, 2.05) is 0 Å². The predicted octanol–water partition coefficient (Wildman–Crippen LogP) is 0.667. The number of anilines is 1. The van der Waals surface area contributed by atoms with Crippen LogP contribution in [-0.4, -0.2) is 59.6 Å². The van der Waals surface area contributed by atoms with E-state index in [1.165, 1.54) is 24.3 Å². The summed E-state index contributed by atoms with van der Waals surface area (Å²) in [5.41, 5.74) is 0.0842. The van der Waals surface area contributed by atoms with E-state index in [0.29, 0.717) is 11.3 Å². The van der Waals surface area contributed by atoms with Gasteiger partial charge in [0.2, 0.25) is 11.6 Å². The number of nitrogens with one attached hydrogen (secondary N) is 1. The molecule has 0 aliphatic rings. The lowest BCUT2D eigenvalue weighted by molar-refractivity contribution is -0.117. The molecule has 0 atom stereocenters.